The molecular formula is C22H21N7O2. The van der Waals surface area contributed by atoms with Gasteiger partial charge in [-0.3, -0.25) is 9.78 Å². The van der Waals surface area contributed by atoms with Gasteiger partial charge in [0.1, 0.15) is 17.5 Å². The highest BCUT2D eigenvalue weighted by molar-refractivity contribution is 6.03. The Morgan fingerprint density at radius 1 is 1.03 bits per heavy atom. The van der Waals surface area contributed by atoms with Crippen molar-refractivity contribution in [3.05, 3.63) is 72.4 Å². The Hall–Kier alpha value is -4.27. The Labute approximate surface area is 179 Å². The first kappa shape index (κ1) is 20.0. The maximum Gasteiger partial charge on any atom is 0.277 e. The number of benzene rings is 1. The van der Waals surface area contributed by atoms with Crippen LogP contribution in [-0.2, 0) is 0 Å². The number of carbonyl (C=O) groups is 1. The number of pyridine rings is 1. The fourth-order valence-electron chi connectivity index (χ4n) is 2.85. The second kappa shape index (κ2) is 8.62. The summed E-state index contributed by atoms with van der Waals surface area (Å²) in [5.41, 5.74) is 2.41. The first-order valence-corrected chi connectivity index (χ1v) is 9.56. The van der Waals surface area contributed by atoms with Gasteiger partial charge in [0, 0.05) is 55.6 Å². The summed E-state index contributed by atoms with van der Waals surface area (Å²) < 4.78 is 5.25. The Morgan fingerprint density at radius 2 is 1.81 bits per heavy atom. The molecule has 0 bridgehead atoms. The highest BCUT2D eigenvalue weighted by Gasteiger charge is 2.14. The zero-order valence-electron chi connectivity index (χ0n) is 17.3. The molecular weight excluding hydrogens is 394 g/mol. The van der Waals surface area contributed by atoms with Crippen molar-refractivity contribution in [3.63, 3.8) is 0 Å². The summed E-state index contributed by atoms with van der Waals surface area (Å²) in [5.74, 6) is 2.31. The minimum Gasteiger partial charge on any atom is -0.363 e. The SMILES string of the molecule is Cc1nc(Nc2ccc(NC(=O)c3cc(-c4cccnc4)on3)cc2)cc(N(C)C)n1. The van der Waals surface area contributed by atoms with Crippen LogP contribution < -0.4 is 15.5 Å². The maximum atomic E-state index is 12.5. The molecule has 4 rings (SSSR count). The van der Waals surface area contributed by atoms with E-state index >= 15 is 0 Å². The average molecular weight is 415 g/mol. The zero-order valence-corrected chi connectivity index (χ0v) is 17.3. The van der Waals surface area contributed by atoms with Crippen LogP contribution in [0.15, 0.2) is 65.4 Å². The van der Waals surface area contributed by atoms with E-state index in [0.29, 0.717) is 23.1 Å². The molecule has 0 aliphatic rings. The summed E-state index contributed by atoms with van der Waals surface area (Å²) in [6.45, 7) is 1.85. The van der Waals surface area contributed by atoms with Crippen LogP contribution in [0.2, 0.25) is 0 Å². The summed E-state index contributed by atoms with van der Waals surface area (Å²) in [4.78, 5) is 27.2. The lowest BCUT2D eigenvalue weighted by atomic mass is 10.2. The van der Waals surface area contributed by atoms with Crippen LogP contribution in [0.4, 0.5) is 23.0 Å². The van der Waals surface area contributed by atoms with Crippen molar-refractivity contribution in [1.82, 2.24) is 20.1 Å². The summed E-state index contributed by atoms with van der Waals surface area (Å²) in [5, 5.41) is 9.91. The molecule has 0 fully saturated rings. The summed E-state index contributed by atoms with van der Waals surface area (Å²) >= 11 is 0. The Morgan fingerprint density at radius 3 is 2.52 bits per heavy atom. The van der Waals surface area contributed by atoms with Crippen molar-refractivity contribution in [2.24, 2.45) is 0 Å². The van der Waals surface area contributed by atoms with E-state index in [9.17, 15) is 4.79 Å². The summed E-state index contributed by atoms with van der Waals surface area (Å²) in [6.07, 6.45) is 3.31. The predicted octanol–water partition coefficient (Wildman–Crippen LogP) is 3.90. The van der Waals surface area contributed by atoms with E-state index in [-0.39, 0.29) is 11.6 Å². The molecule has 0 aliphatic heterocycles. The van der Waals surface area contributed by atoms with Crippen LogP contribution in [0.5, 0.6) is 0 Å². The average Bonchev–Trinajstić information content (AvgIpc) is 3.26. The van der Waals surface area contributed by atoms with E-state index in [1.165, 1.54) is 0 Å². The number of carbonyl (C=O) groups excluding carboxylic acids is 1. The van der Waals surface area contributed by atoms with E-state index in [0.717, 1.165) is 17.1 Å². The van der Waals surface area contributed by atoms with E-state index in [2.05, 4.69) is 30.7 Å². The number of hydrogen-bond donors (Lipinski definition) is 2. The molecule has 0 aliphatic carbocycles. The fourth-order valence-corrected chi connectivity index (χ4v) is 2.85. The van der Waals surface area contributed by atoms with Gasteiger partial charge in [-0.1, -0.05) is 5.16 Å². The molecule has 1 aromatic carbocycles. The molecule has 2 N–H and O–H groups in total. The lowest BCUT2D eigenvalue weighted by Gasteiger charge is -2.14. The molecule has 4 aromatic rings. The van der Waals surface area contributed by atoms with Crippen LogP contribution in [0.1, 0.15) is 16.3 Å². The van der Waals surface area contributed by atoms with Gasteiger partial charge < -0.3 is 20.1 Å². The number of hydrogen-bond acceptors (Lipinski definition) is 8. The van der Waals surface area contributed by atoms with Crippen molar-refractivity contribution in [2.45, 2.75) is 6.92 Å². The fraction of sp³-hybridized carbons (Fsp3) is 0.136. The Bertz CT molecular complexity index is 1190. The molecule has 1 amide bonds. The van der Waals surface area contributed by atoms with E-state index in [1.54, 1.807) is 36.7 Å². The first-order chi connectivity index (χ1) is 15.0. The van der Waals surface area contributed by atoms with Gasteiger partial charge in [-0.25, -0.2) is 9.97 Å². The van der Waals surface area contributed by atoms with Gasteiger partial charge in [0.25, 0.3) is 5.91 Å². The molecule has 3 heterocycles. The Balaban J connectivity index is 1.42. The minimum absolute atomic E-state index is 0.189. The van der Waals surface area contributed by atoms with Crippen LogP contribution >= 0.6 is 0 Å². The van der Waals surface area contributed by atoms with Crippen molar-refractivity contribution in [3.8, 4) is 11.3 Å². The van der Waals surface area contributed by atoms with Crippen molar-refractivity contribution in [2.75, 3.05) is 29.6 Å². The third-order valence-corrected chi connectivity index (χ3v) is 4.39. The van der Waals surface area contributed by atoms with Gasteiger partial charge in [-0.05, 0) is 43.3 Å². The second-order valence-corrected chi connectivity index (χ2v) is 7.03. The highest BCUT2D eigenvalue weighted by atomic mass is 16.5. The van der Waals surface area contributed by atoms with Crippen molar-refractivity contribution in [1.29, 1.82) is 0 Å². The largest absolute Gasteiger partial charge is 0.363 e. The number of rotatable bonds is 6. The van der Waals surface area contributed by atoms with Gasteiger partial charge in [-0.2, -0.15) is 0 Å². The molecule has 9 heteroatoms. The van der Waals surface area contributed by atoms with Crippen LogP contribution in [0.3, 0.4) is 0 Å². The third-order valence-electron chi connectivity index (χ3n) is 4.39. The zero-order chi connectivity index (χ0) is 21.8. The number of nitrogens with one attached hydrogen (secondary N) is 2. The van der Waals surface area contributed by atoms with Crippen LogP contribution in [-0.4, -0.2) is 40.1 Å². The van der Waals surface area contributed by atoms with Gasteiger partial charge in [0.05, 0.1) is 0 Å². The molecule has 0 atom stereocenters. The second-order valence-electron chi connectivity index (χ2n) is 7.03. The number of anilines is 4. The standard InChI is InChI=1S/C22H21N7O2/c1-14-24-20(12-21(25-14)29(2)3)26-16-6-8-17(9-7-16)27-22(30)18-11-19(31-28-18)15-5-4-10-23-13-15/h4-13H,1-3H3,(H,27,30)(H,24,25,26). The first-order valence-electron chi connectivity index (χ1n) is 9.56. The monoisotopic (exact) mass is 415 g/mol. The topological polar surface area (TPSA) is 109 Å². The number of aromatic nitrogens is 4. The van der Waals surface area contributed by atoms with Crippen LogP contribution in [0, 0.1) is 6.92 Å². The van der Waals surface area contributed by atoms with Gasteiger partial charge >= 0.3 is 0 Å². The molecule has 0 unspecified atom stereocenters. The van der Waals surface area contributed by atoms with Crippen LogP contribution in [0.25, 0.3) is 11.3 Å². The quantitative estimate of drug-likeness (QED) is 0.488. The minimum atomic E-state index is -0.360. The van der Waals surface area contributed by atoms with Crippen molar-refractivity contribution >= 4 is 28.9 Å². The molecule has 0 spiro atoms. The van der Waals surface area contributed by atoms with Gasteiger partial charge in [0.15, 0.2) is 11.5 Å². The molecule has 3 aromatic heterocycles. The van der Waals surface area contributed by atoms with Gasteiger partial charge in [-0.15, -0.1) is 0 Å². The third kappa shape index (κ3) is 4.84. The van der Waals surface area contributed by atoms with E-state index in [4.69, 9.17) is 4.52 Å². The maximum absolute atomic E-state index is 12.5. The van der Waals surface area contributed by atoms with E-state index in [1.807, 2.05) is 50.2 Å². The Kier molecular flexibility index (Phi) is 5.57. The number of amides is 1. The molecule has 0 radical (unpaired) electrons. The molecule has 31 heavy (non-hydrogen) atoms. The summed E-state index contributed by atoms with van der Waals surface area (Å²) in [7, 11) is 3.86. The molecule has 9 nitrogen and oxygen atoms in total. The molecule has 0 saturated carbocycles. The number of nitrogens with zero attached hydrogens (tertiary/aromatic N) is 5. The summed E-state index contributed by atoms with van der Waals surface area (Å²) in [6, 6.07) is 14.4. The normalized spacial score (nSPS) is 10.5. The lowest BCUT2D eigenvalue weighted by Crippen LogP contribution is -2.12. The molecule has 156 valence electrons. The molecule has 0 saturated heterocycles. The smallest absolute Gasteiger partial charge is 0.277 e. The highest BCUT2D eigenvalue weighted by Crippen LogP contribution is 2.22. The van der Waals surface area contributed by atoms with Gasteiger partial charge in [0.2, 0.25) is 0 Å². The lowest BCUT2D eigenvalue weighted by molar-refractivity contribution is 0.101. The van der Waals surface area contributed by atoms with E-state index < -0.39 is 0 Å². The number of aryl methyl sites for hydroxylation is 1. The van der Waals surface area contributed by atoms with Crippen molar-refractivity contribution < 1.29 is 9.32 Å². The predicted molar refractivity (Wildman–Crippen MR) is 119 cm³/mol.